The number of benzene rings is 1. The first-order chi connectivity index (χ1) is 7.93. The lowest BCUT2D eigenvalue weighted by atomic mass is 9.79. The zero-order valence-corrected chi connectivity index (χ0v) is 9.54. The van der Waals surface area contributed by atoms with E-state index in [0.29, 0.717) is 0 Å². The number of carbonyl (C=O) groups is 1. The van der Waals surface area contributed by atoms with Crippen LogP contribution in [0.25, 0.3) is 0 Å². The summed E-state index contributed by atoms with van der Waals surface area (Å²) in [5.74, 6) is -2.12. The van der Waals surface area contributed by atoms with Crippen LogP contribution in [0.2, 0.25) is 0 Å². The van der Waals surface area contributed by atoms with Gasteiger partial charge in [-0.25, -0.2) is 8.78 Å². The zero-order valence-electron chi connectivity index (χ0n) is 9.54. The third kappa shape index (κ3) is 2.30. The highest BCUT2D eigenvalue weighted by Crippen LogP contribution is 2.47. The van der Waals surface area contributed by atoms with Gasteiger partial charge in [-0.1, -0.05) is 6.07 Å². The first kappa shape index (κ1) is 12.0. The van der Waals surface area contributed by atoms with Gasteiger partial charge in [0, 0.05) is 6.07 Å². The maximum Gasteiger partial charge on any atom is 0.309 e. The smallest absolute Gasteiger partial charge is 0.309 e. The Bertz CT molecular complexity index is 455. The summed E-state index contributed by atoms with van der Waals surface area (Å²) in [5, 5.41) is 9.25. The van der Waals surface area contributed by atoms with E-state index >= 15 is 0 Å². The van der Waals surface area contributed by atoms with Crippen molar-refractivity contribution in [1.29, 1.82) is 0 Å². The summed E-state index contributed by atoms with van der Waals surface area (Å²) >= 11 is 0. The molecule has 1 aromatic carbocycles. The molecule has 92 valence electrons. The standard InChI is InChI=1S/C13H14F2O2/c1-13(12(16)17,9-3-4-9)7-8-2-5-10(14)6-11(8)15/h2,5-6,9H,3-4,7H2,1H3,(H,16,17). The Morgan fingerprint density at radius 2 is 2.12 bits per heavy atom. The SMILES string of the molecule is CC(Cc1ccc(F)cc1F)(C(=O)O)C1CC1. The Morgan fingerprint density at radius 3 is 2.59 bits per heavy atom. The fraction of sp³-hybridized carbons (Fsp3) is 0.462. The Balaban J connectivity index is 2.26. The molecule has 2 rings (SSSR count). The Hall–Kier alpha value is -1.45. The van der Waals surface area contributed by atoms with Crippen molar-refractivity contribution in [1.82, 2.24) is 0 Å². The van der Waals surface area contributed by atoms with Gasteiger partial charge in [-0.05, 0) is 43.7 Å². The molecule has 1 aromatic rings. The molecule has 0 amide bonds. The van der Waals surface area contributed by atoms with E-state index in [-0.39, 0.29) is 17.9 Å². The zero-order chi connectivity index (χ0) is 12.6. The molecular weight excluding hydrogens is 226 g/mol. The highest BCUT2D eigenvalue weighted by Gasteiger charge is 2.47. The van der Waals surface area contributed by atoms with Crippen LogP contribution in [-0.2, 0) is 11.2 Å². The van der Waals surface area contributed by atoms with Crippen LogP contribution in [0.3, 0.4) is 0 Å². The van der Waals surface area contributed by atoms with Gasteiger partial charge in [0.25, 0.3) is 0 Å². The molecule has 0 saturated heterocycles. The second-order valence-corrected chi connectivity index (χ2v) is 4.91. The van der Waals surface area contributed by atoms with Crippen molar-refractivity contribution >= 4 is 5.97 Å². The Labute approximate surface area is 98.3 Å². The minimum Gasteiger partial charge on any atom is -0.481 e. The van der Waals surface area contributed by atoms with Gasteiger partial charge in [0.15, 0.2) is 0 Å². The van der Waals surface area contributed by atoms with E-state index in [0.717, 1.165) is 25.0 Å². The van der Waals surface area contributed by atoms with E-state index in [1.54, 1.807) is 6.92 Å². The minimum absolute atomic E-state index is 0.101. The lowest BCUT2D eigenvalue weighted by Crippen LogP contribution is -2.32. The molecule has 1 aliphatic rings. The molecule has 1 N–H and O–H groups in total. The normalized spacial score (nSPS) is 18.8. The maximum atomic E-state index is 13.5. The van der Waals surface area contributed by atoms with Crippen LogP contribution in [0, 0.1) is 23.0 Å². The van der Waals surface area contributed by atoms with Gasteiger partial charge in [0.2, 0.25) is 0 Å². The van der Waals surface area contributed by atoms with Gasteiger partial charge < -0.3 is 5.11 Å². The van der Waals surface area contributed by atoms with E-state index in [2.05, 4.69) is 0 Å². The Morgan fingerprint density at radius 1 is 1.47 bits per heavy atom. The first-order valence-corrected chi connectivity index (χ1v) is 5.61. The number of halogens is 2. The number of carboxylic acid groups (broad SMARTS) is 1. The number of carboxylic acids is 1. The minimum atomic E-state index is -0.946. The molecule has 1 saturated carbocycles. The molecule has 1 aliphatic carbocycles. The highest BCUT2D eigenvalue weighted by molar-refractivity contribution is 5.75. The fourth-order valence-electron chi connectivity index (χ4n) is 2.18. The van der Waals surface area contributed by atoms with Gasteiger partial charge in [0.1, 0.15) is 11.6 Å². The van der Waals surface area contributed by atoms with Crippen molar-refractivity contribution in [3.63, 3.8) is 0 Å². The van der Waals surface area contributed by atoms with Gasteiger partial charge in [-0.3, -0.25) is 4.79 Å². The molecule has 0 radical (unpaired) electrons. The second kappa shape index (κ2) is 4.09. The van der Waals surface area contributed by atoms with E-state index in [4.69, 9.17) is 0 Å². The predicted octanol–water partition coefficient (Wildman–Crippen LogP) is 3.01. The number of hydrogen-bond donors (Lipinski definition) is 1. The van der Waals surface area contributed by atoms with E-state index < -0.39 is 23.0 Å². The van der Waals surface area contributed by atoms with Crippen LogP contribution in [0.4, 0.5) is 8.78 Å². The third-order valence-electron chi connectivity index (χ3n) is 3.54. The van der Waals surface area contributed by atoms with Gasteiger partial charge in [-0.2, -0.15) is 0 Å². The van der Waals surface area contributed by atoms with Crippen molar-refractivity contribution < 1.29 is 18.7 Å². The quantitative estimate of drug-likeness (QED) is 0.878. The summed E-state index contributed by atoms with van der Waals surface area (Å²) in [5.41, 5.74) is -0.679. The van der Waals surface area contributed by atoms with E-state index in [9.17, 15) is 18.7 Å². The van der Waals surface area contributed by atoms with E-state index in [1.807, 2.05) is 0 Å². The molecule has 0 heterocycles. The van der Waals surface area contributed by atoms with Crippen LogP contribution in [0.5, 0.6) is 0 Å². The molecule has 1 fully saturated rings. The number of hydrogen-bond acceptors (Lipinski definition) is 1. The molecule has 2 nitrogen and oxygen atoms in total. The fourth-order valence-corrected chi connectivity index (χ4v) is 2.18. The van der Waals surface area contributed by atoms with Crippen molar-refractivity contribution in [2.45, 2.75) is 26.2 Å². The molecule has 0 bridgehead atoms. The second-order valence-electron chi connectivity index (χ2n) is 4.91. The summed E-state index contributed by atoms with van der Waals surface area (Å²) in [6, 6.07) is 3.28. The van der Waals surface area contributed by atoms with Crippen LogP contribution < -0.4 is 0 Å². The summed E-state index contributed by atoms with van der Waals surface area (Å²) < 4.78 is 26.2. The van der Waals surface area contributed by atoms with Gasteiger partial charge in [-0.15, -0.1) is 0 Å². The topological polar surface area (TPSA) is 37.3 Å². The van der Waals surface area contributed by atoms with Crippen LogP contribution in [0.1, 0.15) is 25.3 Å². The van der Waals surface area contributed by atoms with Crippen molar-refractivity contribution in [2.24, 2.45) is 11.3 Å². The van der Waals surface area contributed by atoms with Crippen molar-refractivity contribution in [3.8, 4) is 0 Å². The predicted molar refractivity (Wildman–Crippen MR) is 58.5 cm³/mol. The monoisotopic (exact) mass is 240 g/mol. The number of rotatable bonds is 4. The summed E-state index contributed by atoms with van der Waals surface area (Å²) in [6.45, 7) is 1.63. The molecule has 4 heteroatoms. The van der Waals surface area contributed by atoms with Gasteiger partial charge >= 0.3 is 5.97 Å². The first-order valence-electron chi connectivity index (χ1n) is 5.61. The van der Waals surface area contributed by atoms with Crippen LogP contribution in [-0.4, -0.2) is 11.1 Å². The van der Waals surface area contributed by atoms with Gasteiger partial charge in [0.05, 0.1) is 5.41 Å². The summed E-state index contributed by atoms with van der Waals surface area (Å²) in [7, 11) is 0. The van der Waals surface area contributed by atoms with Crippen molar-refractivity contribution in [3.05, 3.63) is 35.4 Å². The van der Waals surface area contributed by atoms with Crippen molar-refractivity contribution in [2.75, 3.05) is 0 Å². The number of aliphatic carboxylic acids is 1. The highest BCUT2D eigenvalue weighted by atomic mass is 19.1. The average molecular weight is 240 g/mol. The lowest BCUT2D eigenvalue weighted by Gasteiger charge is -2.24. The average Bonchev–Trinajstić information content (AvgIpc) is 3.05. The molecule has 1 unspecified atom stereocenters. The molecule has 0 aliphatic heterocycles. The summed E-state index contributed by atoms with van der Waals surface area (Å²) in [4.78, 5) is 11.3. The molecule has 0 spiro atoms. The third-order valence-corrected chi connectivity index (χ3v) is 3.54. The van der Waals surface area contributed by atoms with Crippen LogP contribution in [0.15, 0.2) is 18.2 Å². The summed E-state index contributed by atoms with van der Waals surface area (Å²) in [6.07, 6.45) is 1.84. The lowest BCUT2D eigenvalue weighted by molar-refractivity contribution is -0.149. The molecule has 1 atom stereocenters. The molecule has 0 aromatic heterocycles. The molecule has 17 heavy (non-hydrogen) atoms. The largest absolute Gasteiger partial charge is 0.481 e. The molecular formula is C13H14F2O2. The Kier molecular flexibility index (Phi) is 2.89. The maximum absolute atomic E-state index is 13.5. The van der Waals surface area contributed by atoms with Crippen LogP contribution >= 0.6 is 0 Å². The van der Waals surface area contributed by atoms with E-state index in [1.165, 1.54) is 6.07 Å².